The van der Waals surface area contributed by atoms with Gasteiger partial charge in [-0.3, -0.25) is 0 Å². The number of benzene rings is 2. The fraction of sp³-hybridized carbons (Fsp3) is 0.250. The number of aliphatic imine (C=N–C) groups is 2. The van der Waals surface area contributed by atoms with Crippen LogP contribution in [0.1, 0.15) is 29.2 Å². The molecule has 0 spiro atoms. The average molecular weight is 334 g/mol. The molecule has 0 fully saturated rings. The summed E-state index contributed by atoms with van der Waals surface area (Å²) in [6, 6.07) is 14.5. The molecule has 0 aromatic heterocycles. The van der Waals surface area contributed by atoms with Crippen molar-refractivity contribution in [1.82, 2.24) is 0 Å². The lowest BCUT2D eigenvalue weighted by Crippen LogP contribution is -2.36. The highest BCUT2D eigenvalue weighted by molar-refractivity contribution is 7.80. The topological polar surface area (TPSA) is 34.0 Å². The predicted octanol–water partition coefficient (Wildman–Crippen LogP) is 4.29. The van der Waals surface area contributed by atoms with Crippen LogP contribution in [0.3, 0.4) is 0 Å². The lowest BCUT2D eigenvalue weighted by atomic mass is 9.93. The first-order chi connectivity index (χ1) is 11.6. The van der Waals surface area contributed by atoms with Crippen molar-refractivity contribution >= 4 is 28.9 Å². The molecule has 120 valence electrons. The summed E-state index contributed by atoms with van der Waals surface area (Å²) < 4.78 is 6.04. The van der Waals surface area contributed by atoms with E-state index in [-0.39, 0.29) is 5.92 Å². The smallest absolute Gasteiger partial charge is 0.207 e. The molecule has 4 heteroatoms. The molecule has 0 bridgehead atoms. The minimum absolute atomic E-state index is 0.0343. The number of fused-ring (bicyclic) bond motifs is 2. The third kappa shape index (κ3) is 2.67. The lowest BCUT2D eigenvalue weighted by Gasteiger charge is -2.28. The van der Waals surface area contributed by atoms with Crippen molar-refractivity contribution in [1.29, 1.82) is 0 Å². The highest BCUT2D eigenvalue weighted by atomic mass is 32.1. The summed E-state index contributed by atoms with van der Waals surface area (Å²) in [7, 11) is 0. The Morgan fingerprint density at radius 2 is 1.92 bits per heavy atom. The van der Waals surface area contributed by atoms with Crippen molar-refractivity contribution < 1.29 is 4.74 Å². The molecule has 0 saturated carbocycles. The maximum atomic E-state index is 6.04. The minimum atomic E-state index is -0.0343. The Morgan fingerprint density at radius 3 is 2.67 bits per heavy atom. The van der Waals surface area contributed by atoms with E-state index in [2.05, 4.69) is 48.1 Å². The van der Waals surface area contributed by atoms with Gasteiger partial charge in [0.2, 0.25) is 5.90 Å². The van der Waals surface area contributed by atoms with E-state index in [0.29, 0.717) is 16.7 Å². The number of aryl methyl sites for hydroxylation is 2. The first kappa shape index (κ1) is 15.2. The van der Waals surface area contributed by atoms with Gasteiger partial charge in [0.1, 0.15) is 10.7 Å². The van der Waals surface area contributed by atoms with Crippen LogP contribution in [0.4, 0.5) is 0 Å². The van der Waals surface area contributed by atoms with Gasteiger partial charge >= 0.3 is 0 Å². The van der Waals surface area contributed by atoms with E-state index in [9.17, 15) is 0 Å². The van der Waals surface area contributed by atoms with Crippen LogP contribution < -0.4 is 4.74 Å². The first-order valence-electron chi connectivity index (χ1n) is 8.22. The number of ether oxygens (including phenoxy) is 1. The molecule has 1 atom stereocenters. The van der Waals surface area contributed by atoms with Crippen LogP contribution in [0, 0.1) is 12.8 Å². The molecule has 2 aliphatic rings. The lowest BCUT2D eigenvalue weighted by molar-refractivity contribution is 0.482. The number of hydrogen-bond acceptors (Lipinski definition) is 3. The molecular weight excluding hydrogens is 316 g/mol. The molecule has 3 nitrogen and oxygen atoms in total. The molecule has 2 aliphatic heterocycles. The summed E-state index contributed by atoms with van der Waals surface area (Å²) in [6.07, 6.45) is 1.82. The largest absolute Gasteiger partial charge is 0.442 e. The van der Waals surface area contributed by atoms with Crippen molar-refractivity contribution in [3.05, 3.63) is 64.7 Å². The van der Waals surface area contributed by atoms with Crippen LogP contribution in [-0.4, -0.2) is 16.7 Å². The Hall–Kier alpha value is -2.33. The zero-order chi connectivity index (χ0) is 16.7. The number of thiocarbonyl (C=S) groups is 1. The summed E-state index contributed by atoms with van der Waals surface area (Å²) in [5.74, 6) is 2.15. The van der Waals surface area contributed by atoms with Gasteiger partial charge in [-0.25, -0.2) is 4.99 Å². The second-order valence-electron chi connectivity index (χ2n) is 6.24. The number of amidine groups is 1. The van der Waals surface area contributed by atoms with Gasteiger partial charge in [-0.2, -0.15) is 4.99 Å². The number of hydrogen-bond donors (Lipinski definition) is 0. The van der Waals surface area contributed by atoms with E-state index < -0.39 is 0 Å². The standard InChI is InChI=1S/C20H18N2OS/c1-3-13-5-7-14(8-6-13)18-21-19-16(20(24)22-18)11-15-10-12(2)4-9-17(15)23-19/h4-10,16H,3,11H2,1-2H3. The first-order valence-corrected chi connectivity index (χ1v) is 8.62. The average Bonchev–Trinajstić information content (AvgIpc) is 2.60. The Labute approximate surface area is 147 Å². The SMILES string of the molecule is CCc1ccc(C2=NC(=S)C3Cc4cc(C)ccc4OC3=N2)cc1. The summed E-state index contributed by atoms with van der Waals surface area (Å²) in [5, 5.41) is 0. The molecule has 2 heterocycles. The van der Waals surface area contributed by atoms with E-state index in [4.69, 9.17) is 17.0 Å². The molecule has 0 amide bonds. The Kier molecular flexibility index (Phi) is 3.77. The summed E-state index contributed by atoms with van der Waals surface area (Å²) in [5.41, 5.74) is 4.66. The molecule has 2 aromatic rings. The Bertz CT molecular complexity index is 881. The summed E-state index contributed by atoms with van der Waals surface area (Å²) in [6.45, 7) is 4.22. The van der Waals surface area contributed by atoms with Crippen LogP contribution >= 0.6 is 12.2 Å². The van der Waals surface area contributed by atoms with Gasteiger partial charge in [-0.1, -0.05) is 61.1 Å². The molecular formula is C20H18N2OS. The van der Waals surface area contributed by atoms with Gasteiger partial charge in [-0.15, -0.1) is 0 Å². The molecule has 2 aromatic carbocycles. The third-order valence-electron chi connectivity index (χ3n) is 4.50. The number of nitrogens with zero attached hydrogens (tertiary/aromatic N) is 2. The molecule has 24 heavy (non-hydrogen) atoms. The van der Waals surface area contributed by atoms with Gasteiger partial charge in [0.15, 0.2) is 5.84 Å². The molecule has 0 aliphatic carbocycles. The minimum Gasteiger partial charge on any atom is -0.442 e. The van der Waals surface area contributed by atoms with Crippen LogP contribution in [-0.2, 0) is 12.8 Å². The van der Waals surface area contributed by atoms with Gasteiger partial charge in [-0.05, 0) is 37.0 Å². The molecule has 0 radical (unpaired) electrons. The second-order valence-corrected chi connectivity index (χ2v) is 6.66. The Morgan fingerprint density at radius 1 is 1.12 bits per heavy atom. The van der Waals surface area contributed by atoms with Crippen molar-refractivity contribution in [3.8, 4) is 5.75 Å². The van der Waals surface area contributed by atoms with Crippen molar-refractivity contribution in [3.63, 3.8) is 0 Å². The maximum absolute atomic E-state index is 6.04. The second kappa shape index (κ2) is 5.95. The van der Waals surface area contributed by atoms with Crippen LogP contribution in [0.5, 0.6) is 5.75 Å². The zero-order valence-corrected chi connectivity index (χ0v) is 14.6. The van der Waals surface area contributed by atoms with Gasteiger partial charge in [0.05, 0.1) is 5.92 Å². The van der Waals surface area contributed by atoms with Crippen LogP contribution in [0.2, 0.25) is 0 Å². The van der Waals surface area contributed by atoms with Gasteiger partial charge in [0.25, 0.3) is 0 Å². The highest BCUT2D eigenvalue weighted by Gasteiger charge is 2.33. The number of rotatable bonds is 2. The monoisotopic (exact) mass is 334 g/mol. The predicted molar refractivity (Wildman–Crippen MR) is 101 cm³/mol. The van der Waals surface area contributed by atoms with Crippen molar-refractivity contribution in [2.24, 2.45) is 15.9 Å². The molecule has 4 rings (SSSR count). The Balaban J connectivity index is 1.69. The van der Waals surface area contributed by atoms with Crippen molar-refractivity contribution in [2.45, 2.75) is 26.7 Å². The van der Waals surface area contributed by atoms with E-state index >= 15 is 0 Å². The van der Waals surface area contributed by atoms with E-state index in [1.54, 1.807) is 0 Å². The summed E-state index contributed by atoms with van der Waals surface area (Å²) in [4.78, 5) is 9.88. The quantitative estimate of drug-likeness (QED) is 0.768. The highest BCUT2D eigenvalue weighted by Crippen LogP contribution is 2.32. The van der Waals surface area contributed by atoms with Crippen molar-refractivity contribution in [2.75, 3.05) is 0 Å². The van der Waals surface area contributed by atoms with Gasteiger partial charge in [0, 0.05) is 5.56 Å². The summed E-state index contributed by atoms with van der Waals surface area (Å²) >= 11 is 5.54. The fourth-order valence-corrected chi connectivity index (χ4v) is 3.35. The van der Waals surface area contributed by atoms with E-state index in [1.165, 1.54) is 16.7 Å². The third-order valence-corrected chi connectivity index (χ3v) is 4.88. The van der Waals surface area contributed by atoms with Crippen LogP contribution in [0.25, 0.3) is 0 Å². The van der Waals surface area contributed by atoms with Gasteiger partial charge < -0.3 is 4.74 Å². The van der Waals surface area contributed by atoms with E-state index in [1.807, 2.05) is 18.2 Å². The molecule has 1 unspecified atom stereocenters. The normalized spacial score (nSPS) is 18.9. The van der Waals surface area contributed by atoms with E-state index in [0.717, 1.165) is 24.2 Å². The molecule has 0 N–H and O–H groups in total. The van der Waals surface area contributed by atoms with Crippen LogP contribution in [0.15, 0.2) is 52.4 Å². The maximum Gasteiger partial charge on any atom is 0.207 e. The fourth-order valence-electron chi connectivity index (χ4n) is 3.08. The zero-order valence-electron chi connectivity index (χ0n) is 13.7. The molecule has 0 saturated heterocycles.